The van der Waals surface area contributed by atoms with Crippen molar-refractivity contribution in [2.24, 2.45) is 5.10 Å². The van der Waals surface area contributed by atoms with Crippen LogP contribution in [0.5, 0.6) is 0 Å². The van der Waals surface area contributed by atoms with Gasteiger partial charge in [0.15, 0.2) is 0 Å². The van der Waals surface area contributed by atoms with Crippen LogP contribution < -0.4 is 9.73 Å². The molecular weight excluding hydrogens is 430 g/mol. The monoisotopic (exact) mass is 447 g/mol. The third kappa shape index (κ3) is 3.49. The van der Waals surface area contributed by atoms with Gasteiger partial charge in [-0.05, 0) is 52.0 Å². The van der Waals surface area contributed by atoms with Gasteiger partial charge < -0.3 is 0 Å². The van der Waals surface area contributed by atoms with E-state index in [4.69, 9.17) is 0 Å². The minimum Gasteiger partial charge on any atom is -0.267 e. The maximum Gasteiger partial charge on any atom is 0.271 e. The molecule has 31 heavy (non-hydrogen) atoms. The zero-order valence-corrected chi connectivity index (χ0v) is 17.9. The number of carbonyl (C=O) groups is 1. The lowest BCUT2D eigenvalue weighted by Crippen LogP contribution is -2.26. The number of hydrogen-bond donors (Lipinski definition) is 1. The highest BCUT2D eigenvalue weighted by molar-refractivity contribution is 7.93. The topological polar surface area (TPSA) is 78.8 Å². The molecule has 6 nitrogen and oxygen atoms in total. The van der Waals surface area contributed by atoms with Gasteiger partial charge >= 0.3 is 0 Å². The molecule has 0 unspecified atom stereocenters. The molecule has 0 aliphatic carbocycles. The fourth-order valence-corrected chi connectivity index (χ4v) is 5.94. The van der Waals surface area contributed by atoms with Crippen LogP contribution in [0.2, 0.25) is 0 Å². The Morgan fingerprint density at radius 2 is 1.81 bits per heavy atom. The van der Waals surface area contributed by atoms with E-state index in [0.717, 1.165) is 21.9 Å². The molecule has 0 atom stereocenters. The number of nitrogens with one attached hydrogen (secondary N) is 1. The van der Waals surface area contributed by atoms with Crippen molar-refractivity contribution in [2.45, 2.75) is 11.4 Å². The first kappa shape index (κ1) is 19.5. The summed E-state index contributed by atoms with van der Waals surface area (Å²) in [5.74, 6) is -0.330. The van der Waals surface area contributed by atoms with Crippen molar-refractivity contribution in [3.8, 4) is 0 Å². The molecule has 1 aromatic heterocycles. The highest BCUT2D eigenvalue weighted by atomic mass is 32.2. The third-order valence-corrected chi connectivity index (χ3v) is 7.65. The lowest BCUT2D eigenvalue weighted by atomic mass is 10.1. The van der Waals surface area contributed by atoms with E-state index in [9.17, 15) is 13.2 Å². The van der Waals surface area contributed by atoms with Crippen LogP contribution in [0.1, 0.15) is 21.5 Å². The first-order valence-electron chi connectivity index (χ1n) is 9.53. The summed E-state index contributed by atoms with van der Waals surface area (Å²) in [6.45, 7) is 0.189. The standard InChI is InChI=1S/C23H17N3O3S2/c27-23(25-24-13-17-11-12-30-15-17)19-9-7-16(8-10-19)14-26-20-5-1-3-18-4-2-6-21(22(18)20)31(26,28)29/h1-13,15H,14H2,(H,25,27). The van der Waals surface area contributed by atoms with Gasteiger partial charge in [0.2, 0.25) is 0 Å². The Labute approximate surface area is 183 Å². The molecule has 1 N–H and O–H groups in total. The van der Waals surface area contributed by atoms with Gasteiger partial charge in [0.1, 0.15) is 0 Å². The number of hydrogen-bond acceptors (Lipinski definition) is 5. The summed E-state index contributed by atoms with van der Waals surface area (Å²) in [6.07, 6.45) is 1.58. The number of anilines is 1. The van der Waals surface area contributed by atoms with Crippen LogP contribution in [-0.2, 0) is 16.6 Å². The van der Waals surface area contributed by atoms with Crippen molar-refractivity contribution in [3.63, 3.8) is 0 Å². The predicted molar refractivity (Wildman–Crippen MR) is 123 cm³/mol. The van der Waals surface area contributed by atoms with Crippen LogP contribution >= 0.6 is 11.3 Å². The number of thiophene rings is 1. The van der Waals surface area contributed by atoms with Crippen LogP contribution in [0.15, 0.2) is 87.5 Å². The highest BCUT2D eigenvalue weighted by Gasteiger charge is 2.35. The fourth-order valence-electron chi connectivity index (χ4n) is 3.63. The van der Waals surface area contributed by atoms with Gasteiger partial charge in [0, 0.05) is 16.5 Å². The van der Waals surface area contributed by atoms with Crippen LogP contribution in [-0.4, -0.2) is 20.5 Å². The minimum absolute atomic E-state index is 0.189. The van der Waals surface area contributed by atoms with Crippen molar-refractivity contribution in [1.82, 2.24) is 5.43 Å². The zero-order valence-electron chi connectivity index (χ0n) is 16.2. The Morgan fingerprint density at radius 3 is 2.55 bits per heavy atom. The second-order valence-corrected chi connectivity index (χ2v) is 9.71. The van der Waals surface area contributed by atoms with E-state index in [1.165, 1.54) is 4.31 Å². The molecule has 0 fully saturated rings. The van der Waals surface area contributed by atoms with Crippen LogP contribution in [0, 0.1) is 0 Å². The van der Waals surface area contributed by atoms with E-state index in [2.05, 4.69) is 10.5 Å². The van der Waals surface area contributed by atoms with Gasteiger partial charge in [-0.3, -0.25) is 9.10 Å². The Balaban J connectivity index is 1.34. The summed E-state index contributed by atoms with van der Waals surface area (Å²) in [7, 11) is -3.62. The summed E-state index contributed by atoms with van der Waals surface area (Å²) in [6, 6.07) is 19.7. The van der Waals surface area contributed by atoms with E-state index in [0.29, 0.717) is 16.1 Å². The smallest absolute Gasteiger partial charge is 0.267 e. The van der Waals surface area contributed by atoms with E-state index in [-0.39, 0.29) is 12.5 Å². The van der Waals surface area contributed by atoms with Gasteiger partial charge in [0.05, 0.1) is 23.3 Å². The second-order valence-electron chi connectivity index (χ2n) is 7.10. The molecule has 8 heteroatoms. The van der Waals surface area contributed by atoms with Crippen molar-refractivity contribution < 1.29 is 13.2 Å². The molecule has 0 radical (unpaired) electrons. The normalized spacial score (nSPS) is 14.4. The maximum absolute atomic E-state index is 13.1. The average molecular weight is 448 g/mol. The number of hydrazone groups is 1. The molecular formula is C23H17N3O3S2. The van der Waals surface area contributed by atoms with Gasteiger partial charge in [-0.1, -0.05) is 36.4 Å². The third-order valence-electron chi connectivity index (χ3n) is 5.15. The van der Waals surface area contributed by atoms with Crippen LogP contribution in [0.25, 0.3) is 10.8 Å². The largest absolute Gasteiger partial charge is 0.271 e. The molecule has 0 bridgehead atoms. The molecule has 154 valence electrons. The summed E-state index contributed by atoms with van der Waals surface area (Å²) < 4.78 is 27.6. The van der Waals surface area contributed by atoms with Gasteiger partial charge in [0.25, 0.3) is 15.9 Å². The van der Waals surface area contributed by atoms with Gasteiger partial charge in [-0.2, -0.15) is 16.4 Å². The Hall–Kier alpha value is -3.49. The lowest BCUT2D eigenvalue weighted by molar-refractivity contribution is 0.0955. The molecule has 1 aliphatic rings. The van der Waals surface area contributed by atoms with E-state index in [1.807, 2.05) is 41.1 Å². The Morgan fingerprint density at radius 1 is 1.03 bits per heavy atom. The van der Waals surface area contributed by atoms with Crippen molar-refractivity contribution in [2.75, 3.05) is 4.31 Å². The fraction of sp³-hybridized carbons (Fsp3) is 0.0435. The number of rotatable bonds is 5. The van der Waals surface area contributed by atoms with E-state index >= 15 is 0 Å². The molecule has 0 spiro atoms. The number of carbonyl (C=O) groups excluding carboxylic acids is 1. The SMILES string of the molecule is O=C(NN=Cc1ccsc1)c1ccc(CN2c3cccc4cccc(c34)S2(=O)=O)cc1. The molecule has 3 aromatic carbocycles. The number of sulfonamides is 1. The van der Waals surface area contributed by atoms with Crippen molar-refractivity contribution in [1.29, 1.82) is 0 Å². The predicted octanol–water partition coefficient (Wildman–Crippen LogP) is 4.37. The number of amides is 1. The van der Waals surface area contributed by atoms with Crippen molar-refractivity contribution in [3.05, 3.63) is 94.2 Å². The molecule has 0 saturated heterocycles. The van der Waals surface area contributed by atoms with E-state index < -0.39 is 10.0 Å². The molecule has 4 aromatic rings. The summed E-state index contributed by atoms with van der Waals surface area (Å²) in [5.41, 5.74) is 5.32. The van der Waals surface area contributed by atoms with Gasteiger partial charge in [-0.15, -0.1) is 0 Å². The molecule has 2 heterocycles. The maximum atomic E-state index is 13.1. The van der Waals surface area contributed by atoms with Crippen LogP contribution in [0.3, 0.4) is 0 Å². The summed E-state index contributed by atoms with van der Waals surface area (Å²) in [4.78, 5) is 12.6. The average Bonchev–Trinajstić information content (AvgIpc) is 3.37. The Kier molecular flexibility index (Phi) is 4.80. The minimum atomic E-state index is -3.62. The molecule has 0 saturated carbocycles. The number of benzene rings is 3. The van der Waals surface area contributed by atoms with Crippen LogP contribution in [0.4, 0.5) is 5.69 Å². The van der Waals surface area contributed by atoms with E-state index in [1.54, 1.807) is 53.9 Å². The summed E-state index contributed by atoms with van der Waals surface area (Å²) in [5, 5.41) is 9.47. The quantitative estimate of drug-likeness (QED) is 0.364. The second kappa shape index (κ2) is 7.64. The first-order chi connectivity index (χ1) is 15.0. The zero-order chi connectivity index (χ0) is 21.4. The highest BCUT2D eigenvalue weighted by Crippen LogP contribution is 2.42. The number of nitrogens with zero attached hydrogens (tertiary/aromatic N) is 2. The molecule has 5 rings (SSSR count). The summed E-state index contributed by atoms with van der Waals surface area (Å²) >= 11 is 1.55. The van der Waals surface area contributed by atoms with Crippen molar-refractivity contribution >= 4 is 49.9 Å². The lowest BCUT2D eigenvalue weighted by Gasteiger charge is -2.19. The molecule has 1 amide bonds. The van der Waals surface area contributed by atoms with Gasteiger partial charge in [-0.25, -0.2) is 13.8 Å². The molecule has 1 aliphatic heterocycles. The first-order valence-corrected chi connectivity index (χ1v) is 11.9. The Bertz CT molecular complexity index is 1410.